The number of benzene rings is 1. The summed E-state index contributed by atoms with van der Waals surface area (Å²) in [4.78, 5) is 24.7. The van der Waals surface area contributed by atoms with Crippen LogP contribution in [0.3, 0.4) is 0 Å². The van der Waals surface area contributed by atoms with Crippen LogP contribution in [0, 0.1) is 11.3 Å². The van der Waals surface area contributed by atoms with Crippen LogP contribution in [-0.2, 0) is 17.9 Å². The predicted molar refractivity (Wildman–Crippen MR) is 102 cm³/mol. The van der Waals surface area contributed by atoms with Gasteiger partial charge in [0.2, 0.25) is 0 Å². The highest BCUT2D eigenvalue weighted by Gasteiger charge is 2.14. The van der Waals surface area contributed by atoms with E-state index in [0.29, 0.717) is 22.3 Å². The number of nitrogens with zero attached hydrogens (tertiary/aromatic N) is 2. The SMILES string of the molecule is CCNC(=O)/C(C#N)=c1\s/c(=C/Nc2cccc(CO)c2)c(=O)n1CC. The van der Waals surface area contributed by atoms with Crippen LogP contribution in [0.15, 0.2) is 29.1 Å². The molecule has 1 aromatic heterocycles. The predicted octanol–water partition coefficient (Wildman–Crippen LogP) is 0.0825. The molecule has 0 aliphatic heterocycles. The summed E-state index contributed by atoms with van der Waals surface area (Å²) < 4.78 is 2.13. The van der Waals surface area contributed by atoms with Gasteiger partial charge in [-0.15, -0.1) is 11.3 Å². The van der Waals surface area contributed by atoms with Gasteiger partial charge < -0.3 is 15.7 Å². The zero-order valence-electron chi connectivity index (χ0n) is 14.6. The summed E-state index contributed by atoms with van der Waals surface area (Å²) in [5, 5.41) is 24.2. The number of thiazole rings is 1. The first-order valence-electron chi connectivity index (χ1n) is 8.14. The van der Waals surface area contributed by atoms with Crippen molar-refractivity contribution in [2.75, 3.05) is 11.9 Å². The maximum absolute atomic E-state index is 12.6. The van der Waals surface area contributed by atoms with Crippen molar-refractivity contribution < 1.29 is 9.90 Å². The largest absolute Gasteiger partial charge is 0.392 e. The van der Waals surface area contributed by atoms with Crippen LogP contribution in [0.1, 0.15) is 19.4 Å². The Morgan fingerprint density at radius 3 is 2.81 bits per heavy atom. The number of rotatable bonds is 6. The van der Waals surface area contributed by atoms with E-state index in [4.69, 9.17) is 0 Å². The molecule has 8 heteroatoms. The Kier molecular flexibility index (Phi) is 6.72. The van der Waals surface area contributed by atoms with Gasteiger partial charge in [0, 0.05) is 25.0 Å². The number of hydrogen-bond acceptors (Lipinski definition) is 6. The normalized spacial score (nSPS) is 12.5. The summed E-state index contributed by atoms with van der Waals surface area (Å²) in [7, 11) is 0. The number of hydrogen-bond donors (Lipinski definition) is 3. The van der Waals surface area contributed by atoms with Gasteiger partial charge in [-0.25, -0.2) is 0 Å². The average Bonchev–Trinajstić information content (AvgIpc) is 2.96. The van der Waals surface area contributed by atoms with E-state index in [9.17, 15) is 20.0 Å². The van der Waals surface area contributed by atoms with E-state index in [2.05, 4.69) is 10.6 Å². The van der Waals surface area contributed by atoms with Crippen molar-refractivity contribution in [1.82, 2.24) is 9.88 Å². The topological polar surface area (TPSA) is 107 Å². The molecule has 1 heterocycles. The van der Waals surface area contributed by atoms with Gasteiger partial charge in [-0.1, -0.05) is 12.1 Å². The molecule has 7 nitrogen and oxygen atoms in total. The number of carbonyl (C=O) groups is 1. The molecular weight excluding hydrogens is 352 g/mol. The molecule has 136 valence electrons. The lowest BCUT2D eigenvalue weighted by atomic mass is 10.2. The van der Waals surface area contributed by atoms with E-state index in [1.807, 2.05) is 12.1 Å². The second-order valence-corrected chi connectivity index (χ2v) is 6.34. The quantitative estimate of drug-likeness (QED) is 0.666. The lowest BCUT2D eigenvalue weighted by molar-refractivity contribution is -0.115. The smallest absolute Gasteiger partial charge is 0.270 e. The first kappa shape index (κ1) is 19.4. The highest BCUT2D eigenvalue weighted by atomic mass is 32.1. The average molecular weight is 372 g/mol. The molecule has 0 spiro atoms. The molecule has 0 radical (unpaired) electrons. The van der Waals surface area contributed by atoms with Crippen LogP contribution < -0.4 is 25.4 Å². The first-order chi connectivity index (χ1) is 12.5. The van der Waals surface area contributed by atoms with Gasteiger partial charge in [-0.3, -0.25) is 14.2 Å². The monoisotopic (exact) mass is 372 g/mol. The second-order valence-electron chi connectivity index (χ2n) is 5.31. The molecule has 0 bridgehead atoms. The van der Waals surface area contributed by atoms with Crippen molar-refractivity contribution in [3.63, 3.8) is 0 Å². The first-order valence-corrected chi connectivity index (χ1v) is 8.96. The molecule has 0 atom stereocenters. The Morgan fingerprint density at radius 1 is 1.42 bits per heavy atom. The fourth-order valence-electron chi connectivity index (χ4n) is 2.35. The lowest BCUT2D eigenvalue weighted by Gasteiger charge is -2.01. The minimum absolute atomic E-state index is 0.0715. The molecule has 1 aromatic carbocycles. The Labute approximate surface area is 154 Å². The summed E-state index contributed by atoms with van der Waals surface area (Å²) in [5.74, 6) is -0.492. The van der Waals surface area contributed by atoms with Crippen molar-refractivity contribution in [2.45, 2.75) is 27.0 Å². The van der Waals surface area contributed by atoms with Crippen LogP contribution in [0.25, 0.3) is 11.8 Å². The Bertz CT molecular complexity index is 1010. The minimum atomic E-state index is -0.492. The minimum Gasteiger partial charge on any atom is -0.392 e. The van der Waals surface area contributed by atoms with Gasteiger partial charge in [0.05, 0.1) is 6.61 Å². The van der Waals surface area contributed by atoms with E-state index in [1.165, 1.54) is 4.57 Å². The summed E-state index contributed by atoms with van der Waals surface area (Å²) in [6.45, 7) is 4.22. The van der Waals surface area contributed by atoms with Crippen LogP contribution in [0.4, 0.5) is 5.69 Å². The molecule has 0 unspecified atom stereocenters. The highest BCUT2D eigenvalue weighted by molar-refractivity contribution is 7.07. The second kappa shape index (κ2) is 8.99. The third-order valence-electron chi connectivity index (χ3n) is 3.59. The van der Waals surface area contributed by atoms with Crippen LogP contribution in [-0.4, -0.2) is 22.1 Å². The van der Waals surface area contributed by atoms with Crippen molar-refractivity contribution in [3.05, 3.63) is 49.4 Å². The van der Waals surface area contributed by atoms with Gasteiger partial charge in [0.15, 0.2) is 5.57 Å². The molecule has 0 aliphatic carbocycles. The van der Waals surface area contributed by atoms with Gasteiger partial charge in [0.1, 0.15) is 15.3 Å². The maximum atomic E-state index is 12.6. The molecule has 0 saturated heterocycles. The van der Waals surface area contributed by atoms with E-state index < -0.39 is 5.91 Å². The zero-order chi connectivity index (χ0) is 19.1. The number of aliphatic hydroxyl groups excluding tert-OH is 1. The molecule has 1 amide bonds. The van der Waals surface area contributed by atoms with E-state index >= 15 is 0 Å². The van der Waals surface area contributed by atoms with Gasteiger partial charge in [-0.2, -0.15) is 5.26 Å². The van der Waals surface area contributed by atoms with Crippen molar-refractivity contribution >= 4 is 34.7 Å². The fourth-order valence-corrected chi connectivity index (χ4v) is 3.43. The molecule has 2 aromatic rings. The number of carbonyl (C=O) groups excluding carboxylic acids is 1. The maximum Gasteiger partial charge on any atom is 0.270 e. The zero-order valence-corrected chi connectivity index (χ0v) is 15.4. The number of nitriles is 1. The standard InChI is InChI=1S/C18H20N4O3S/c1-3-20-16(24)14(9-19)18-22(4-2)17(25)15(26-18)10-21-13-7-5-6-12(8-13)11-23/h5-8,10,21,23H,3-4,11H2,1-2H3,(H,20,24)/b15-10+,18-14-. The van der Waals surface area contributed by atoms with E-state index in [-0.39, 0.29) is 17.7 Å². The summed E-state index contributed by atoms with van der Waals surface area (Å²) >= 11 is 1.09. The van der Waals surface area contributed by atoms with E-state index in [1.54, 1.807) is 38.2 Å². The number of nitrogens with one attached hydrogen (secondary N) is 2. The van der Waals surface area contributed by atoms with Crippen LogP contribution in [0.2, 0.25) is 0 Å². The summed E-state index contributed by atoms with van der Waals surface area (Å²) in [5.41, 5.74) is 1.13. The molecule has 0 aliphatic rings. The Hall–Kier alpha value is -2.89. The molecule has 2 rings (SSSR count). The number of anilines is 1. The van der Waals surface area contributed by atoms with Crippen molar-refractivity contribution in [3.8, 4) is 6.07 Å². The third-order valence-corrected chi connectivity index (χ3v) is 4.72. The number of aromatic nitrogens is 1. The molecular formula is C18H20N4O3S. The lowest BCUT2D eigenvalue weighted by Crippen LogP contribution is -2.34. The highest BCUT2D eigenvalue weighted by Crippen LogP contribution is 2.10. The number of aliphatic hydroxyl groups is 1. The molecule has 0 saturated carbocycles. The number of amides is 1. The summed E-state index contributed by atoms with van der Waals surface area (Å²) in [6.07, 6.45) is 1.55. The van der Waals surface area contributed by atoms with E-state index in [0.717, 1.165) is 22.6 Å². The van der Waals surface area contributed by atoms with Crippen LogP contribution in [0.5, 0.6) is 0 Å². The molecule has 0 fully saturated rings. The fraction of sp³-hybridized carbons (Fsp3) is 0.278. The van der Waals surface area contributed by atoms with Crippen molar-refractivity contribution in [1.29, 1.82) is 5.26 Å². The third kappa shape index (κ3) is 4.20. The molecule has 26 heavy (non-hydrogen) atoms. The Morgan fingerprint density at radius 2 is 2.19 bits per heavy atom. The Balaban J connectivity index is 2.55. The van der Waals surface area contributed by atoms with Gasteiger partial charge in [-0.05, 0) is 31.5 Å². The van der Waals surface area contributed by atoms with Gasteiger partial charge >= 0.3 is 0 Å². The van der Waals surface area contributed by atoms with Crippen LogP contribution >= 0.6 is 11.3 Å². The van der Waals surface area contributed by atoms with Crippen molar-refractivity contribution in [2.24, 2.45) is 0 Å². The molecule has 3 N–H and O–H groups in total. The summed E-state index contributed by atoms with van der Waals surface area (Å²) in [6, 6.07) is 9.06. The van der Waals surface area contributed by atoms with Gasteiger partial charge in [0.25, 0.3) is 11.5 Å².